The summed E-state index contributed by atoms with van der Waals surface area (Å²) in [7, 11) is -3.31. The van der Waals surface area contributed by atoms with E-state index in [1.54, 1.807) is 21.8 Å². The van der Waals surface area contributed by atoms with Gasteiger partial charge in [0.05, 0.1) is 0 Å². The summed E-state index contributed by atoms with van der Waals surface area (Å²) in [4.78, 5) is 2.31. The molecule has 3 rings (SSSR count). The average molecular weight is 371 g/mol. The molecule has 0 radical (unpaired) electrons. The number of halogens is 1. The Balaban J connectivity index is 1.53. The zero-order valence-corrected chi connectivity index (χ0v) is 15.1. The second-order valence-electron chi connectivity index (χ2n) is 5.56. The molecule has 1 aromatic heterocycles. The van der Waals surface area contributed by atoms with Crippen molar-refractivity contribution in [1.29, 1.82) is 0 Å². The fraction of sp³-hybridized carbons (Fsp3) is 0.375. The molecule has 2 aromatic rings. The van der Waals surface area contributed by atoms with Gasteiger partial charge in [-0.3, -0.25) is 0 Å². The zero-order valence-electron chi connectivity index (χ0n) is 12.7. The maximum Gasteiger partial charge on any atom is 0.252 e. The summed E-state index contributed by atoms with van der Waals surface area (Å²) in [5.41, 5.74) is 1.21. The number of sulfonamides is 1. The van der Waals surface area contributed by atoms with Gasteiger partial charge in [-0.15, -0.1) is 11.3 Å². The first-order valence-corrected chi connectivity index (χ1v) is 10.3. The molecule has 0 aliphatic carbocycles. The molecule has 0 atom stereocenters. The highest BCUT2D eigenvalue weighted by Crippen LogP contribution is 2.22. The Kier molecular flexibility index (Phi) is 5.38. The van der Waals surface area contributed by atoms with E-state index in [2.05, 4.69) is 11.0 Å². The van der Waals surface area contributed by atoms with E-state index in [1.807, 2.05) is 18.2 Å². The molecule has 7 heteroatoms. The predicted octanol–water partition coefficient (Wildman–Crippen LogP) is 2.95. The average Bonchev–Trinajstić information content (AvgIpc) is 3.09. The minimum atomic E-state index is -3.31. The lowest BCUT2D eigenvalue weighted by molar-refractivity contribution is 0.190. The van der Waals surface area contributed by atoms with E-state index < -0.39 is 10.0 Å². The van der Waals surface area contributed by atoms with Crippen LogP contribution in [0.1, 0.15) is 5.56 Å². The van der Waals surface area contributed by atoms with Gasteiger partial charge in [0, 0.05) is 37.7 Å². The summed E-state index contributed by atoms with van der Waals surface area (Å²) in [5.74, 6) is 0. The molecule has 124 valence electrons. The monoisotopic (exact) mass is 370 g/mol. The first-order valence-electron chi connectivity index (χ1n) is 7.56. The zero-order chi connectivity index (χ0) is 16.3. The molecule has 1 fully saturated rings. The second kappa shape index (κ2) is 7.32. The van der Waals surface area contributed by atoms with Crippen molar-refractivity contribution in [2.24, 2.45) is 0 Å². The third kappa shape index (κ3) is 4.14. The Labute approximate surface area is 146 Å². The number of hydrogen-bond acceptors (Lipinski definition) is 4. The molecule has 0 N–H and O–H groups in total. The second-order valence-corrected chi connectivity index (χ2v) is 9.11. The van der Waals surface area contributed by atoms with Crippen LogP contribution in [0.2, 0.25) is 5.02 Å². The topological polar surface area (TPSA) is 40.6 Å². The van der Waals surface area contributed by atoms with Gasteiger partial charge >= 0.3 is 0 Å². The van der Waals surface area contributed by atoms with Gasteiger partial charge in [0.15, 0.2) is 0 Å². The van der Waals surface area contributed by atoms with Gasteiger partial charge in [-0.05, 0) is 35.6 Å². The highest BCUT2D eigenvalue weighted by atomic mass is 35.5. The normalized spacial score (nSPS) is 17.4. The van der Waals surface area contributed by atoms with Crippen LogP contribution in [0.5, 0.6) is 0 Å². The van der Waals surface area contributed by atoms with Crippen LogP contribution in [0, 0.1) is 0 Å². The Bertz CT molecular complexity index is 739. The Morgan fingerprint density at radius 3 is 2.52 bits per heavy atom. The van der Waals surface area contributed by atoms with Crippen LogP contribution < -0.4 is 0 Å². The van der Waals surface area contributed by atoms with Gasteiger partial charge in [0.2, 0.25) is 0 Å². The smallest absolute Gasteiger partial charge is 0.252 e. The largest absolute Gasteiger partial charge is 0.300 e. The molecule has 23 heavy (non-hydrogen) atoms. The minimum absolute atomic E-state index is 0.435. The van der Waals surface area contributed by atoms with E-state index in [0.29, 0.717) is 17.3 Å². The predicted molar refractivity (Wildman–Crippen MR) is 94.7 cm³/mol. The summed E-state index contributed by atoms with van der Waals surface area (Å²) >= 11 is 7.28. The van der Waals surface area contributed by atoms with E-state index in [4.69, 9.17) is 11.6 Å². The van der Waals surface area contributed by atoms with Gasteiger partial charge < -0.3 is 4.90 Å². The molecule has 4 nitrogen and oxygen atoms in total. The summed E-state index contributed by atoms with van der Waals surface area (Å²) in [6, 6.07) is 11.3. The summed E-state index contributed by atoms with van der Waals surface area (Å²) in [5, 5.41) is 2.56. The van der Waals surface area contributed by atoms with Crippen LogP contribution in [0.15, 0.2) is 46.0 Å². The van der Waals surface area contributed by atoms with Gasteiger partial charge in [0.1, 0.15) is 4.21 Å². The van der Waals surface area contributed by atoms with Crippen LogP contribution in [-0.2, 0) is 16.4 Å². The summed E-state index contributed by atoms with van der Waals surface area (Å²) in [6.45, 7) is 3.56. The van der Waals surface area contributed by atoms with E-state index in [-0.39, 0.29) is 0 Å². The van der Waals surface area contributed by atoms with Crippen molar-refractivity contribution in [1.82, 2.24) is 9.21 Å². The molecule has 2 heterocycles. The molecule has 0 spiro atoms. The van der Waals surface area contributed by atoms with Gasteiger partial charge in [-0.2, -0.15) is 4.31 Å². The number of rotatable bonds is 5. The van der Waals surface area contributed by atoms with Crippen molar-refractivity contribution in [2.75, 3.05) is 32.7 Å². The molecular weight excluding hydrogens is 352 g/mol. The molecule has 1 saturated heterocycles. The number of piperazine rings is 1. The molecule has 1 aromatic carbocycles. The highest BCUT2D eigenvalue weighted by Gasteiger charge is 2.28. The number of nitrogens with zero attached hydrogens (tertiary/aromatic N) is 2. The van der Waals surface area contributed by atoms with Crippen LogP contribution in [-0.4, -0.2) is 50.3 Å². The summed E-state index contributed by atoms with van der Waals surface area (Å²) in [6.07, 6.45) is 0.929. The molecular formula is C16H19ClN2O2S2. The number of hydrogen-bond donors (Lipinski definition) is 0. The standard InChI is InChI=1S/C16H19ClN2O2S2/c17-15-4-1-3-14(13-15)6-7-18-8-10-19(11-9-18)23(20,21)16-5-2-12-22-16/h1-5,12-13H,6-11H2. The molecule has 0 amide bonds. The van der Waals surface area contributed by atoms with Crippen molar-refractivity contribution in [3.8, 4) is 0 Å². The lowest BCUT2D eigenvalue weighted by atomic mass is 10.1. The maximum absolute atomic E-state index is 12.5. The van der Waals surface area contributed by atoms with Crippen LogP contribution in [0.3, 0.4) is 0 Å². The Morgan fingerprint density at radius 2 is 1.87 bits per heavy atom. The van der Waals surface area contributed by atoms with Crippen LogP contribution >= 0.6 is 22.9 Å². The van der Waals surface area contributed by atoms with Crippen LogP contribution in [0.4, 0.5) is 0 Å². The minimum Gasteiger partial charge on any atom is -0.300 e. The Hall–Kier alpha value is -0.920. The molecule has 0 bridgehead atoms. The Morgan fingerprint density at radius 1 is 1.09 bits per heavy atom. The quantitative estimate of drug-likeness (QED) is 0.812. The van der Waals surface area contributed by atoms with Gasteiger partial charge in [0.25, 0.3) is 10.0 Å². The number of benzene rings is 1. The maximum atomic E-state index is 12.5. The number of thiophene rings is 1. The fourth-order valence-electron chi connectivity index (χ4n) is 2.71. The first-order chi connectivity index (χ1) is 11.1. The fourth-order valence-corrected chi connectivity index (χ4v) is 5.49. The van der Waals surface area contributed by atoms with E-state index >= 15 is 0 Å². The lowest BCUT2D eigenvalue weighted by Crippen LogP contribution is -2.48. The van der Waals surface area contributed by atoms with Gasteiger partial charge in [-0.25, -0.2) is 8.42 Å². The van der Waals surface area contributed by atoms with Crippen LogP contribution in [0.25, 0.3) is 0 Å². The summed E-state index contributed by atoms with van der Waals surface area (Å²) < 4.78 is 27.0. The molecule has 0 saturated carbocycles. The van der Waals surface area contributed by atoms with Gasteiger partial charge in [-0.1, -0.05) is 29.8 Å². The molecule has 1 aliphatic rings. The molecule has 0 unspecified atom stereocenters. The first kappa shape index (κ1) is 16.9. The van der Waals surface area contributed by atoms with E-state index in [0.717, 1.165) is 31.1 Å². The third-order valence-corrected chi connectivity index (χ3v) is 7.53. The SMILES string of the molecule is O=S(=O)(c1cccs1)N1CCN(CCc2cccc(Cl)c2)CC1. The van der Waals surface area contributed by atoms with Crippen molar-refractivity contribution in [2.45, 2.75) is 10.6 Å². The van der Waals surface area contributed by atoms with Crippen molar-refractivity contribution < 1.29 is 8.42 Å². The lowest BCUT2D eigenvalue weighted by Gasteiger charge is -2.33. The highest BCUT2D eigenvalue weighted by molar-refractivity contribution is 7.91. The van der Waals surface area contributed by atoms with Crippen molar-refractivity contribution in [3.63, 3.8) is 0 Å². The van der Waals surface area contributed by atoms with Crippen molar-refractivity contribution >= 4 is 33.0 Å². The van der Waals surface area contributed by atoms with E-state index in [9.17, 15) is 8.42 Å². The van der Waals surface area contributed by atoms with Crippen molar-refractivity contribution in [3.05, 3.63) is 52.4 Å². The van der Waals surface area contributed by atoms with E-state index in [1.165, 1.54) is 16.9 Å². The third-order valence-electron chi connectivity index (χ3n) is 4.03. The molecule has 1 aliphatic heterocycles.